The van der Waals surface area contributed by atoms with Crippen LogP contribution < -0.4 is 10.0 Å². The van der Waals surface area contributed by atoms with Crippen LogP contribution in [-0.4, -0.2) is 30.6 Å². The van der Waals surface area contributed by atoms with E-state index in [-0.39, 0.29) is 21.4 Å². The van der Waals surface area contributed by atoms with Crippen molar-refractivity contribution in [2.24, 2.45) is 0 Å². The van der Waals surface area contributed by atoms with Crippen molar-refractivity contribution in [1.82, 2.24) is 14.9 Å². The quantitative estimate of drug-likeness (QED) is 0.743. The van der Waals surface area contributed by atoms with Gasteiger partial charge in [0, 0.05) is 11.6 Å². The molecule has 0 aliphatic carbocycles. The molecule has 7 nitrogen and oxygen atoms in total. The first kappa shape index (κ1) is 17.5. The molecule has 0 radical (unpaired) electrons. The molecule has 0 saturated heterocycles. The van der Waals surface area contributed by atoms with Crippen LogP contribution in [-0.2, 0) is 10.0 Å². The molecule has 1 aromatic heterocycles. The molecule has 0 saturated carbocycles. The molecule has 2 aromatic rings. The van der Waals surface area contributed by atoms with Crippen LogP contribution in [0.25, 0.3) is 0 Å². The highest BCUT2D eigenvalue weighted by Gasteiger charge is 2.22. The van der Waals surface area contributed by atoms with E-state index in [4.69, 9.17) is 0 Å². The van der Waals surface area contributed by atoms with Crippen LogP contribution in [0.5, 0.6) is 0 Å². The molecule has 9 heteroatoms. The average molecular weight is 354 g/mol. The molecular formula is C14H18N4O3S2. The van der Waals surface area contributed by atoms with Crippen molar-refractivity contribution >= 4 is 32.4 Å². The number of rotatable bonds is 7. The van der Waals surface area contributed by atoms with Crippen molar-refractivity contribution in [3.05, 3.63) is 35.9 Å². The van der Waals surface area contributed by atoms with Crippen LogP contribution in [0.2, 0.25) is 0 Å². The Bertz CT molecular complexity index is 759. The summed E-state index contributed by atoms with van der Waals surface area (Å²) in [6.45, 7) is 3.77. The normalized spacial score (nSPS) is 12.8. The number of nitrogens with one attached hydrogen (secondary N) is 2. The van der Waals surface area contributed by atoms with Gasteiger partial charge in [-0.05, 0) is 25.5 Å². The Labute approximate surface area is 139 Å². The van der Waals surface area contributed by atoms with Gasteiger partial charge < -0.3 is 0 Å². The fourth-order valence-corrected chi connectivity index (χ4v) is 4.12. The first-order valence-corrected chi connectivity index (χ1v) is 9.44. The molecule has 0 aliphatic rings. The SMILES string of the molecule is CCC[C@@H](C)NS(=O)(=O)c1nnc(NC(=O)c2ccccc2)s1. The maximum atomic E-state index is 12.2. The largest absolute Gasteiger partial charge is 0.296 e. The molecule has 1 atom stereocenters. The smallest absolute Gasteiger partial charge is 0.270 e. The highest BCUT2D eigenvalue weighted by molar-refractivity contribution is 7.91. The number of nitrogens with zero attached hydrogens (tertiary/aromatic N) is 2. The lowest BCUT2D eigenvalue weighted by molar-refractivity contribution is 0.102. The van der Waals surface area contributed by atoms with E-state index < -0.39 is 10.0 Å². The zero-order chi connectivity index (χ0) is 16.9. The summed E-state index contributed by atoms with van der Waals surface area (Å²) in [4.78, 5) is 12.0. The number of carbonyl (C=O) groups is 1. The lowest BCUT2D eigenvalue weighted by Crippen LogP contribution is -2.32. The molecule has 2 rings (SSSR count). The van der Waals surface area contributed by atoms with Crippen LogP contribution in [0, 0.1) is 0 Å². The van der Waals surface area contributed by atoms with Crippen LogP contribution in [0.3, 0.4) is 0 Å². The summed E-state index contributed by atoms with van der Waals surface area (Å²) in [6.07, 6.45) is 1.60. The van der Waals surface area contributed by atoms with E-state index in [0.717, 1.165) is 24.2 Å². The zero-order valence-electron chi connectivity index (χ0n) is 12.8. The number of benzene rings is 1. The van der Waals surface area contributed by atoms with Gasteiger partial charge in [-0.1, -0.05) is 42.9 Å². The van der Waals surface area contributed by atoms with E-state index in [1.54, 1.807) is 37.3 Å². The van der Waals surface area contributed by atoms with Crippen molar-refractivity contribution in [3.63, 3.8) is 0 Å². The van der Waals surface area contributed by atoms with Gasteiger partial charge in [0.15, 0.2) is 0 Å². The molecule has 0 aliphatic heterocycles. The van der Waals surface area contributed by atoms with Crippen LogP contribution in [0.15, 0.2) is 34.7 Å². The van der Waals surface area contributed by atoms with E-state index >= 15 is 0 Å². The first-order chi connectivity index (χ1) is 10.9. The summed E-state index contributed by atoms with van der Waals surface area (Å²) in [5.74, 6) is -0.363. The van der Waals surface area contributed by atoms with Crippen molar-refractivity contribution in [2.75, 3.05) is 5.32 Å². The number of sulfonamides is 1. The van der Waals surface area contributed by atoms with E-state index in [1.165, 1.54) is 0 Å². The molecule has 0 unspecified atom stereocenters. The second-order valence-corrected chi connectivity index (χ2v) is 7.87. The van der Waals surface area contributed by atoms with Crippen LogP contribution in [0.1, 0.15) is 37.0 Å². The summed E-state index contributed by atoms with van der Waals surface area (Å²) in [6, 6.07) is 8.41. The minimum Gasteiger partial charge on any atom is -0.296 e. The highest BCUT2D eigenvalue weighted by atomic mass is 32.2. The average Bonchev–Trinajstić information content (AvgIpc) is 2.97. The summed E-state index contributed by atoms with van der Waals surface area (Å²) in [5, 5.41) is 10.1. The maximum absolute atomic E-state index is 12.2. The lowest BCUT2D eigenvalue weighted by Gasteiger charge is -2.10. The van der Waals surface area contributed by atoms with Gasteiger partial charge in [-0.25, -0.2) is 13.1 Å². The van der Waals surface area contributed by atoms with Gasteiger partial charge in [0.25, 0.3) is 15.9 Å². The monoisotopic (exact) mass is 354 g/mol. The Morgan fingerprint density at radius 1 is 1.26 bits per heavy atom. The van der Waals surface area contributed by atoms with E-state index in [9.17, 15) is 13.2 Å². The molecule has 2 N–H and O–H groups in total. The van der Waals surface area contributed by atoms with Gasteiger partial charge in [0.05, 0.1) is 0 Å². The molecule has 124 valence electrons. The second kappa shape index (κ2) is 7.62. The molecular weight excluding hydrogens is 336 g/mol. The fourth-order valence-electron chi connectivity index (χ4n) is 1.93. The van der Waals surface area contributed by atoms with E-state index in [0.29, 0.717) is 5.56 Å². The van der Waals surface area contributed by atoms with Crippen LogP contribution >= 0.6 is 11.3 Å². The van der Waals surface area contributed by atoms with Crippen molar-refractivity contribution in [1.29, 1.82) is 0 Å². The molecule has 23 heavy (non-hydrogen) atoms. The third-order valence-electron chi connectivity index (χ3n) is 2.97. The standard InChI is InChI=1S/C14H18N4O3S2/c1-3-7-10(2)18-23(20,21)14-17-16-13(22-14)15-12(19)11-8-5-4-6-9-11/h4-6,8-10,18H,3,7H2,1-2H3,(H,15,16,19)/t10-/m1/s1. The summed E-state index contributed by atoms with van der Waals surface area (Å²) < 4.78 is 26.7. The Kier molecular flexibility index (Phi) is 5.80. The Balaban J connectivity index is 2.07. The maximum Gasteiger partial charge on any atom is 0.270 e. The molecule has 1 aromatic carbocycles. The number of aromatic nitrogens is 2. The van der Waals surface area contributed by atoms with E-state index in [2.05, 4.69) is 20.2 Å². The topological polar surface area (TPSA) is 101 Å². The minimum absolute atomic E-state index is 0.141. The number of carbonyl (C=O) groups excluding carboxylic acids is 1. The molecule has 1 heterocycles. The Morgan fingerprint density at radius 3 is 2.61 bits per heavy atom. The number of amides is 1. The van der Waals surface area contributed by atoms with Crippen molar-refractivity contribution in [2.45, 2.75) is 37.1 Å². The predicted octanol–water partition coefficient (Wildman–Crippen LogP) is 2.26. The summed E-state index contributed by atoms with van der Waals surface area (Å²) in [7, 11) is -3.72. The van der Waals surface area contributed by atoms with E-state index in [1.807, 2.05) is 6.92 Å². The number of hydrogen-bond acceptors (Lipinski definition) is 6. The number of hydrogen-bond donors (Lipinski definition) is 2. The third-order valence-corrected chi connectivity index (χ3v) is 5.77. The second-order valence-electron chi connectivity index (χ2n) is 5.00. The van der Waals surface area contributed by atoms with Gasteiger partial charge in [-0.2, -0.15) is 0 Å². The van der Waals surface area contributed by atoms with Crippen molar-refractivity contribution in [3.8, 4) is 0 Å². The van der Waals surface area contributed by atoms with Gasteiger partial charge in [0.2, 0.25) is 9.47 Å². The number of anilines is 1. The Morgan fingerprint density at radius 2 is 1.96 bits per heavy atom. The lowest BCUT2D eigenvalue weighted by atomic mass is 10.2. The fraction of sp³-hybridized carbons (Fsp3) is 0.357. The van der Waals surface area contributed by atoms with Gasteiger partial charge in [-0.15, -0.1) is 10.2 Å². The highest BCUT2D eigenvalue weighted by Crippen LogP contribution is 2.21. The van der Waals surface area contributed by atoms with Gasteiger partial charge in [0.1, 0.15) is 0 Å². The molecule has 0 spiro atoms. The predicted molar refractivity (Wildman–Crippen MR) is 89.0 cm³/mol. The zero-order valence-corrected chi connectivity index (χ0v) is 14.4. The molecule has 0 bridgehead atoms. The van der Waals surface area contributed by atoms with Crippen molar-refractivity contribution < 1.29 is 13.2 Å². The third kappa shape index (κ3) is 4.81. The Hall–Kier alpha value is -1.84. The van der Waals surface area contributed by atoms with Gasteiger partial charge in [-0.3, -0.25) is 10.1 Å². The molecule has 1 amide bonds. The summed E-state index contributed by atoms with van der Waals surface area (Å²) in [5.41, 5.74) is 0.460. The summed E-state index contributed by atoms with van der Waals surface area (Å²) >= 11 is 0.818. The first-order valence-electron chi connectivity index (χ1n) is 7.14. The van der Waals surface area contributed by atoms with Crippen LogP contribution in [0.4, 0.5) is 5.13 Å². The molecule has 0 fully saturated rings. The minimum atomic E-state index is -3.72. The van der Waals surface area contributed by atoms with Gasteiger partial charge >= 0.3 is 0 Å².